The molecule has 0 saturated heterocycles. The number of hydrogen-bond donors (Lipinski definition) is 2. The Morgan fingerprint density at radius 1 is 1.33 bits per heavy atom. The second-order valence-corrected chi connectivity index (χ2v) is 4.08. The number of anilines is 1. The summed E-state index contributed by atoms with van der Waals surface area (Å²) in [4.78, 5) is 4.37. The average Bonchev–Trinajstić information content (AvgIpc) is 2.70. The lowest BCUT2D eigenvalue weighted by atomic mass is 10.1. The monoisotopic (exact) mass is 263 g/mol. The first-order valence-corrected chi connectivity index (χ1v) is 5.41. The molecule has 5 nitrogen and oxygen atoms in total. The molecule has 1 aromatic carbocycles. The topological polar surface area (TPSA) is 82.8 Å². The van der Waals surface area contributed by atoms with Crippen molar-refractivity contribution in [2.75, 3.05) is 5.73 Å². The minimum atomic E-state index is 0. The fourth-order valence-corrected chi connectivity index (χ4v) is 2.20. The fourth-order valence-electron chi connectivity index (χ4n) is 2.20. The summed E-state index contributed by atoms with van der Waals surface area (Å²) in [6.45, 7) is 0.479. The zero-order chi connectivity index (χ0) is 12.0. The molecule has 0 spiro atoms. The van der Waals surface area contributed by atoms with E-state index in [4.69, 9.17) is 11.5 Å². The van der Waals surface area contributed by atoms with E-state index >= 15 is 0 Å². The van der Waals surface area contributed by atoms with Crippen LogP contribution in [0.5, 0.6) is 0 Å². The highest BCUT2D eigenvalue weighted by molar-refractivity contribution is 6.09. The van der Waals surface area contributed by atoms with Gasteiger partial charge in [-0.15, -0.1) is 12.4 Å². The van der Waals surface area contributed by atoms with Gasteiger partial charge in [0.25, 0.3) is 0 Å². The van der Waals surface area contributed by atoms with Gasteiger partial charge in [-0.2, -0.15) is 5.10 Å². The summed E-state index contributed by atoms with van der Waals surface area (Å²) in [7, 11) is 1.87. The molecule has 2 heterocycles. The highest BCUT2D eigenvalue weighted by atomic mass is 35.5. The first kappa shape index (κ1) is 12.6. The summed E-state index contributed by atoms with van der Waals surface area (Å²) in [5.41, 5.74) is 14.3. The normalized spacial score (nSPS) is 10.8. The second-order valence-electron chi connectivity index (χ2n) is 4.08. The zero-order valence-electron chi connectivity index (χ0n) is 9.92. The van der Waals surface area contributed by atoms with Crippen LogP contribution in [0.1, 0.15) is 5.56 Å². The highest BCUT2D eigenvalue weighted by Gasteiger charge is 2.11. The molecule has 18 heavy (non-hydrogen) atoms. The average molecular weight is 264 g/mol. The number of pyridine rings is 1. The van der Waals surface area contributed by atoms with Crippen molar-refractivity contribution in [1.82, 2.24) is 14.8 Å². The first-order chi connectivity index (χ1) is 8.20. The van der Waals surface area contributed by atoms with E-state index in [0.29, 0.717) is 12.4 Å². The number of rotatable bonds is 1. The van der Waals surface area contributed by atoms with Crippen molar-refractivity contribution < 1.29 is 0 Å². The molecular weight excluding hydrogens is 250 g/mol. The van der Waals surface area contributed by atoms with Crippen LogP contribution in [0.3, 0.4) is 0 Å². The molecule has 2 aromatic heterocycles. The van der Waals surface area contributed by atoms with Gasteiger partial charge in [-0.25, -0.2) is 4.98 Å². The summed E-state index contributed by atoms with van der Waals surface area (Å²) in [6, 6.07) is 5.89. The summed E-state index contributed by atoms with van der Waals surface area (Å²) < 4.78 is 1.75. The lowest BCUT2D eigenvalue weighted by Crippen LogP contribution is -1.99. The van der Waals surface area contributed by atoms with Gasteiger partial charge in [-0.3, -0.25) is 4.68 Å². The summed E-state index contributed by atoms with van der Waals surface area (Å²) in [5, 5.41) is 6.39. The number of halogens is 1. The largest absolute Gasteiger partial charge is 0.382 e. The molecule has 4 N–H and O–H groups in total. The number of nitrogens with zero attached hydrogens (tertiary/aromatic N) is 3. The Morgan fingerprint density at radius 2 is 2.11 bits per heavy atom. The van der Waals surface area contributed by atoms with E-state index in [1.165, 1.54) is 0 Å². The molecule has 0 saturated carbocycles. The molecule has 0 atom stereocenters. The van der Waals surface area contributed by atoms with Gasteiger partial charge in [0, 0.05) is 30.6 Å². The molecule has 0 aliphatic heterocycles. The SMILES string of the molecule is Cl.Cn1cc2c(n1)c(N)nc1cccc(CN)c12. The van der Waals surface area contributed by atoms with Gasteiger partial charge in [-0.1, -0.05) is 12.1 Å². The van der Waals surface area contributed by atoms with Gasteiger partial charge in [0.15, 0.2) is 5.82 Å². The Labute approximate surface area is 110 Å². The van der Waals surface area contributed by atoms with Crippen molar-refractivity contribution in [2.24, 2.45) is 12.8 Å². The molecule has 3 rings (SSSR count). The van der Waals surface area contributed by atoms with E-state index in [2.05, 4.69) is 10.1 Å². The summed E-state index contributed by atoms with van der Waals surface area (Å²) >= 11 is 0. The summed E-state index contributed by atoms with van der Waals surface area (Å²) in [5.74, 6) is 0.460. The molecule has 0 bridgehead atoms. The molecule has 0 unspecified atom stereocenters. The molecule has 3 aromatic rings. The number of nitrogen functional groups attached to an aromatic ring is 1. The molecular formula is C12H14ClN5. The van der Waals surface area contributed by atoms with Crippen molar-refractivity contribution in [3.8, 4) is 0 Å². The Kier molecular flexibility index (Phi) is 3.11. The van der Waals surface area contributed by atoms with E-state index in [0.717, 1.165) is 27.4 Å². The van der Waals surface area contributed by atoms with Crippen LogP contribution < -0.4 is 11.5 Å². The predicted octanol–water partition coefficient (Wildman–Crippen LogP) is 1.58. The van der Waals surface area contributed by atoms with E-state index in [9.17, 15) is 0 Å². The molecule has 6 heteroatoms. The van der Waals surface area contributed by atoms with E-state index < -0.39 is 0 Å². The van der Waals surface area contributed by atoms with Crippen LogP contribution >= 0.6 is 12.4 Å². The smallest absolute Gasteiger partial charge is 0.152 e. The third-order valence-corrected chi connectivity index (χ3v) is 2.93. The standard InChI is InChI=1S/C12H13N5.ClH/c1-17-6-8-10-7(5-13)3-2-4-9(10)15-12(14)11(8)16-17;/h2-4,6H,5,13H2,1H3,(H2,14,15);1H. The number of fused-ring (bicyclic) bond motifs is 3. The third kappa shape index (κ3) is 1.68. The van der Waals surface area contributed by atoms with Crippen LogP contribution in [0.15, 0.2) is 24.4 Å². The van der Waals surface area contributed by atoms with Crippen molar-refractivity contribution in [2.45, 2.75) is 6.54 Å². The van der Waals surface area contributed by atoms with Crippen LogP contribution in [-0.4, -0.2) is 14.8 Å². The Morgan fingerprint density at radius 3 is 2.83 bits per heavy atom. The number of aryl methyl sites for hydroxylation is 1. The molecule has 0 fully saturated rings. The number of benzene rings is 1. The maximum absolute atomic E-state index is 5.91. The lowest BCUT2D eigenvalue weighted by molar-refractivity contribution is 0.780. The maximum Gasteiger partial charge on any atom is 0.152 e. The van der Waals surface area contributed by atoms with Crippen LogP contribution in [0.25, 0.3) is 21.8 Å². The quantitative estimate of drug-likeness (QED) is 0.698. The van der Waals surface area contributed by atoms with E-state index in [1.54, 1.807) is 4.68 Å². The van der Waals surface area contributed by atoms with Crippen molar-refractivity contribution in [3.05, 3.63) is 30.0 Å². The van der Waals surface area contributed by atoms with Crippen LogP contribution in [-0.2, 0) is 13.6 Å². The maximum atomic E-state index is 5.91. The van der Waals surface area contributed by atoms with Gasteiger partial charge < -0.3 is 11.5 Å². The van der Waals surface area contributed by atoms with Crippen molar-refractivity contribution in [1.29, 1.82) is 0 Å². The van der Waals surface area contributed by atoms with Gasteiger partial charge in [0.1, 0.15) is 5.52 Å². The molecule has 94 valence electrons. The van der Waals surface area contributed by atoms with Crippen molar-refractivity contribution >= 4 is 40.0 Å². The van der Waals surface area contributed by atoms with Gasteiger partial charge in [0.05, 0.1) is 5.52 Å². The second kappa shape index (κ2) is 4.44. The Bertz CT molecular complexity index is 719. The molecule has 0 amide bonds. The highest BCUT2D eigenvalue weighted by Crippen LogP contribution is 2.29. The van der Waals surface area contributed by atoms with Crippen LogP contribution in [0.4, 0.5) is 5.82 Å². The Balaban J connectivity index is 0.00000120. The molecule has 0 aliphatic carbocycles. The molecule has 0 radical (unpaired) electrons. The fraction of sp³-hybridized carbons (Fsp3) is 0.167. The Hall–Kier alpha value is -1.85. The summed E-state index contributed by atoms with van der Waals surface area (Å²) in [6.07, 6.45) is 1.95. The van der Waals surface area contributed by atoms with E-state index in [-0.39, 0.29) is 12.4 Å². The van der Waals surface area contributed by atoms with E-state index in [1.807, 2.05) is 31.4 Å². The number of hydrogen-bond acceptors (Lipinski definition) is 4. The van der Waals surface area contributed by atoms with Crippen LogP contribution in [0.2, 0.25) is 0 Å². The van der Waals surface area contributed by atoms with Crippen molar-refractivity contribution in [3.63, 3.8) is 0 Å². The number of nitrogens with two attached hydrogens (primary N) is 2. The predicted molar refractivity (Wildman–Crippen MR) is 75.6 cm³/mol. The van der Waals surface area contributed by atoms with Gasteiger partial charge in [0.2, 0.25) is 0 Å². The number of aromatic nitrogens is 3. The first-order valence-electron chi connectivity index (χ1n) is 5.41. The van der Waals surface area contributed by atoms with Gasteiger partial charge in [-0.05, 0) is 11.6 Å². The molecule has 0 aliphatic rings. The third-order valence-electron chi connectivity index (χ3n) is 2.93. The zero-order valence-corrected chi connectivity index (χ0v) is 10.7. The minimum absolute atomic E-state index is 0. The van der Waals surface area contributed by atoms with Crippen LogP contribution in [0, 0.1) is 0 Å². The van der Waals surface area contributed by atoms with Gasteiger partial charge >= 0.3 is 0 Å². The lowest BCUT2D eigenvalue weighted by Gasteiger charge is -2.05. The minimum Gasteiger partial charge on any atom is -0.382 e.